The number of thioether (sulfide) groups is 1. The number of nitrogens with one attached hydrogen (secondary N) is 2. The summed E-state index contributed by atoms with van der Waals surface area (Å²) in [5, 5.41) is 12.5. The number of carbonyl (C=O) groups is 3. The summed E-state index contributed by atoms with van der Waals surface area (Å²) in [5.41, 5.74) is 1.83. The van der Waals surface area contributed by atoms with Crippen LogP contribution < -0.4 is 10.7 Å². The van der Waals surface area contributed by atoms with Gasteiger partial charge in [0.1, 0.15) is 11.4 Å². The van der Waals surface area contributed by atoms with Crippen molar-refractivity contribution in [2.45, 2.75) is 49.8 Å². The molecule has 2 aromatic rings. The molecule has 0 radical (unpaired) electrons. The molecular weight excluding hydrogens is 392 g/mol. The first-order valence-electron chi connectivity index (χ1n) is 9.51. The highest BCUT2D eigenvalue weighted by molar-refractivity contribution is 7.99. The van der Waals surface area contributed by atoms with E-state index in [0.29, 0.717) is 16.6 Å². The van der Waals surface area contributed by atoms with Crippen LogP contribution in [0.25, 0.3) is 0 Å². The lowest BCUT2D eigenvalue weighted by Gasteiger charge is -2.22. The van der Waals surface area contributed by atoms with Crippen LogP contribution in [0.15, 0.2) is 35.5 Å². The van der Waals surface area contributed by atoms with Crippen LogP contribution in [-0.4, -0.2) is 43.4 Å². The Bertz CT molecular complexity index is 958. The quantitative estimate of drug-likeness (QED) is 0.528. The molecule has 4 rings (SSSR count). The van der Waals surface area contributed by atoms with Gasteiger partial charge in [-0.2, -0.15) is 5.01 Å². The Morgan fingerprint density at radius 3 is 2.66 bits per heavy atom. The molecule has 0 unspecified atom stereocenters. The molecule has 9 nitrogen and oxygen atoms in total. The molecule has 2 N–H and O–H groups in total. The molecular formula is C19H22N6O3S. The van der Waals surface area contributed by atoms with Crippen molar-refractivity contribution < 1.29 is 14.4 Å². The second-order valence-corrected chi connectivity index (χ2v) is 8.19. The molecule has 1 aliphatic carbocycles. The van der Waals surface area contributed by atoms with Crippen molar-refractivity contribution in [2.24, 2.45) is 0 Å². The Balaban J connectivity index is 1.40. The van der Waals surface area contributed by atoms with Crippen LogP contribution in [0.1, 0.15) is 44.0 Å². The minimum atomic E-state index is -1.22. The summed E-state index contributed by atoms with van der Waals surface area (Å²) in [7, 11) is 0. The Morgan fingerprint density at radius 1 is 1.28 bits per heavy atom. The molecule has 0 spiro atoms. The van der Waals surface area contributed by atoms with E-state index in [0.717, 1.165) is 30.2 Å². The van der Waals surface area contributed by atoms with Gasteiger partial charge in [0.2, 0.25) is 5.91 Å². The van der Waals surface area contributed by atoms with Crippen molar-refractivity contribution in [3.8, 4) is 0 Å². The third-order valence-electron chi connectivity index (χ3n) is 5.12. The lowest BCUT2D eigenvalue weighted by atomic mass is 9.92. The zero-order valence-corrected chi connectivity index (χ0v) is 17.0. The highest BCUT2D eigenvalue weighted by Gasteiger charge is 2.49. The second kappa shape index (κ2) is 7.51. The van der Waals surface area contributed by atoms with Gasteiger partial charge in [-0.05, 0) is 32.3 Å². The summed E-state index contributed by atoms with van der Waals surface area (Å²) in [6, 6.07) is 8.26. The number of hydrogen-bond acceptors (Lipinski definition) is 6. The smallest absolute Gasteiger partial charge is 0.318 e. The van der Waals surface area contributed by atoms with Crippen LogP contribution in [0.4, 0.5) is 4.79 Å². The highest BCUT2D eigenvalue weighted by atomic mass is 32.2. The molecule has 4 amide bonds. The molecule has 152 valence electrons. The van der Waals surface area contributed by atoms with Gasteiger partial charge >= 0.3 is 6.03 Å². The summed E-state index contributed by atoms with van der Waals surface area (Å²) in [6.45, 7) is 4.36. The van der Waals surface area contributed by atoms with Crippen molar-refractivity contribution in [3.63, 3.8) is 0 Å². The van der Waals surface area contributed by atoms with Gasteiger partial charge < -0.3 is 9.88 Å². The van der Waals surface area contributed by atoms with Gasteiger partial charge in [0.25, 0.3) is 5.91 Å². The molecule has 1 aromatic heterocycles. The predicted molar refractivity (Wildman–Crippen MR) is 106 cm³/mol. The molecule has 29 heavy (non-hydrogen) atoms. The number of nitrogens with zero attached hydrogens (tertiary/aromatic N) is 4. The van der Waals surface area contributed by atoms with Gasteiger partial charge in [0, 0.05) is 12.5 Å². The lowest BCUT2D eigenvalue weighted by Crippen LogP contribution is -2.48. The zero-order chi connectivity index (χ0) is 20.6. The van der Waals surface area contributed by atoms with Gasteiger partial charge in [0.05, 0.1) is 5.75 Å². The summed E-state index contributed by atoms with van der Waals surface area (Å²) in [6.07, 6.45) is 2.24. The normalized spacial score (nSPS) is 21.4. The number of amides is 4. The number of aromatic nitrogens is 3. The maximum atomic E-state index is 12.8. The Morgan fingerprint density at radius 2 is 2.00 bits per heavy atom. The summed E-state index contributed by atoms with van der Waals surface area (Å²) in [4.78, 5) is 37.5. The summed E-state index contributed by atoms with van der Waals surface area (Å²) >= 11 is 1.24. The Kier molecular flexibility index (Phi) is 5.03. The third-order valence-corrected chi connectivity index (χ3v) is 6.08. The summed E-state index contributed by atoms with van der Waals surface area (Å²) in [5.74, 6) is 0.451. The molecule has 0 bridgehead atoms. The number of urea groups is 1. The van der Waals surface area contributed by atoms with Gasteiger partial charge in [-0.3, -0.25) is 15.0 Å². The monoisotopic (exact) mass is 414 g/mol. The fourth-order valence-electron chi connectivity index (χ4n) is 3.34. The molecule has 1 saturated carbocycles. The van der Waals surface area contributed by atoms with Crippen LogP contribution >= 0.6 is 11.8 Å². The van der Waals surface area contributed by atoms with Crippen LogP contribution in [0.2, 0.25) is 0 Å². The van der Waals surface area contributed by atoms with E-state index in [1.807, 2.05) is 17.6 Å². The van der Waals surface area contributed by atoms with Gasteiger partial charge in [-0.15, -0.1) is 10.2 Å². The van der Waals surface area contributed by atoms with E-state index < -0.39 is 23.4 Å². The Hall–Kier alpha value is -2.88. The van der Waals surface area contributed by atoms with E-state index in [2.05, 4.69) is 20.9 Å². The number of imide groups is 1. The van der Waals surface area contributed by atoms with E-state index in [-0.39, 0.29) is 5.75 Å². The number of carbonyl (C=O) groups excluding carboxylic acids is 3. The minimum Gasteiger partial charge on any atom is -0.318 e. The van der Waals surface area contributed by atoms with Gasteiger partial charge in [0.15, 0.2) is 5.16 Å². The molecule has 2 fully saturated rings. The second-order valence-electron chi connectivity index (χ2n) is 7.24. The topological polar surface area (TPSA) is 109 Å². The van der Waals surface area contributed by atoms with Crippen molar-refractivity contribution in [1.82, 2.24) is 30.5 Å². The third kappa shape index (κ3) is 3.59. The molecule has 2 heterocycles. The lowest BCUT2D eigenvalue weighted by molar-refractivity contribution is -0.138. The molecule has 1 aromatic carbocycles. The van der Waals surface area contributed by atoms with Crippen LogP contribution in [0.3, 0.4) is 0 Å². The Labute approximate surface area is 172 Å². The predicted octanol–water partition coefficient (Wildman–Crippen LogP) is 1.77. The summed E-state index contributed by atoms with van der Waals surface area (Å²) < 4.78 is 2.01. The first-order valence-corrected chi connectivity index (χ1v) is 10.5. The standard InChI is InChI=1S/C19H22N6O3S/c1-3-24-15(12-9-10-12)21-22-18(24)29-11-14(26)23-25-16(27)19(2,20-17(25)28)13-7-5-4-6-8-13/h4-8,12H,3,9-11H2,1-2H3,(H,20,28)(H,23,26)/t19-/m0/s1. The first-order chi connectivity index (χ1) is 13.9. The molecule has 1 saturated heterocycles. The molecule has 10 heteroatoms. The van der Waals surface area contributed by atoms with E-state index in [9.17, 15) is 14.4 Å². The number of hydrazine groups is 1. The average molecular weight is 414 g/mol. The molecule has 1 atom stereocenters. The number of benzene rings is 1. The fraction of sp³-hybridized carbons (Fsp3) is 0.421. The van der Waals surface area contributed by atoms with Crippen LogP contribution in [0.5, 0.6) is 0 Å². The SMILES string of the molecule is CCn1c(SCC(=O)NN2C(=O)N[C@@](C)(c3ccccc3)C2=O)nnc1C1CC1. The fourth-order valence-corrected chi connectivity index (χ4v) is 4.14. The minimum absolute atomic E-state index is 0.0158. The highest BCUT2D eigenvalue weighted by Crippen LogP contribution is 2.40. The van der Waals surface area contributed by atoms with E-state index in [1.165, 1.54) is 11.8 Å². The van der Waals surface area contributed by atoms with Gasteiger partial charge in [-0.1, -0.05) is 42.1 Å². The van der Waals surface area contributed by atoms with Crippen molar-refractivity contribution >= 4 is 29.6 Å². The number of hydrogen-bond donors (Lipinski definition) is 2. The van der Waals surface area contributed by atoms with Crippen molar-refractivity contribution in [2.75, 3.05) is 5.75 Å². The molecule has 2 aliphatic rings. The van der Waals surface area contributed by atoms with E-state index in [1.54, 1.807) is 31.2 Å². The number of rotatable bonds is 7. The van der Waals surface area contributed by atoms with E-state index >= 15 is 0 Å². The maximum absolute atomic E-state index is 12.8. The van der Waals surface area contributed by atoms with Crippen LogP contribution in [-0.2, 0) is 21.7 Å². The molecule has 1 aliphatic heterocycles. The largest absolute Gasteiger partial charge is 0.344 e. The van der Waals surface area contributed by atoms with Crippen molar-refractivity contribution in [3.05, 3.63) is 41.7 Å². The van der Waals surface area contributed by atoms with Gasteiger partial charge in [-0.25, -0.2) is 4.79 Å². The van der Waals surface area contributed by atoms with Crippen LogP contribution in [0, 0.1) is 0 Å². The first kappa shape index (κ1) is 19.4. The van der Waals surface area contributed by atoms with E-state index in [4.69, 9.17) is 0 Å². The average Bonchev–Trinajstić information content (AvgIpc) is 3.45. The maximum Gasteiger partial charge on any atom is 0.344 e. The zero-order valence-electron chi connectivity index (χ0n) is 16.2. The van der Waals surface area contributed by atoms with Crippen molar-refractivity contribution in [1.29, 1.82) is 0 Å².